The Morgan fingerprint density at radius 1 is 1.08 bits per heavy atom. The van der Waals surface area contributed by atoms with E-state index in [9.17, 15) is 4.79 Å². The largest absolute Gasteiger partial charge is 0.495 e. The maximum Gasteiger partial charge on any atom is 0.224 e. The van der Waals surface area contributed by atoms with E-state index in [2.05, 4.69) is 5.32 Å². The molecular weight excluding hydrogens is 361 g/mol. The second-order valence-electron chi connectivity index (χ2n) is 5.71. The summed E-state index contributed by atoms with van der Waals surface area (Å²) in [4.78, 5) is 12.1. The first-order valence-corrected chi connectivity index (χ1v) is 8.69. The van der Waals surface area contributed by atoms with Crippen molar-refractivity contribution in [3.63, 3.8) is 0 Å². The topological polar surface area (TPSA) is 47.6 Å². The predicted octanol–water partition coefficient (Wildman–Crippen LogP) is 5.42. The van der Waals surface area contributed by atoms with E-state index in [-0.39, 0.29) is 5.91 Å². The van der Waals surface area contributed by atoms with Crippen LogP contribution in [0.25, 0.3) is 0 Å². The normalized spacial score (nSPS) is 10.4. The number of nitrogens with one attached hydrogen (secondary N) is 1. The molecule has 0 aliphatic carbocycles. The van der Waals surface area contributed by atoms with Gasteiger partial charge in [-0.25, -0.2) is 0 Å². The molecule has 0 fully saturated rings. The molecule has 0 aliphatic heterocycles. The van der Waals surface area contributed by atoms with E-state index < -0.39 is 0 Å². The molecule has 1 amide bonds. The molecule has 0 unspecified atom stereocenters. The average molecular weight is 382 g/mol. The summed E-state index contributed by atoms with van der Waals surface area (Å²) in [5.41, 5.74) is 2.45. The van der Waals surface area contributed by atoms with Crippen molar-refractivity contribution >= 4 is 34.8 Å². The second kappa shape index (κ2) is 8.97. The van der Waals surface area contributed by atoms with E-state index in [1.165, 1.54) is 0 Å². The highest BCUT2D eigenvalue weighted by atomic mass is 35.5. The molecule has 0 heterocycles. The Hall–Kier alpha value is -1.91. The maximum absolute atomic E-state index is 12.1. The van der Waals surface area contributed by atoms with Crippen molar-refractivity contribution in [1.29, 1.82) is 0 Å². The molecule has 6 heteroatoms. The van der Waals surface area contributed by atoms with Crippen molar-refractivity contribution in [2.45, 2.75) is 26.7 Å². The second-order valence-corrected chi connectivity index (χ2v) is 6.53. The van der Waals surface area contributed by atoms with Crippen LogP contribution in [-0.2, 0) is 4.79 Å². The van der Waals surface area contributed by atoms with E-state index >= 15 is 0 Å². The molecule has 0 spiro atoms. The van der Waals surface area contributed by atoms with Gasteiger partial charge in [-0.15, -0.1) is 0 Å². The lowest BCUT2D eigenvalue weighted by molar-refractivity contribution is -0.116. The molecule has 2 aromatic carbocycles. The van der Waals surface area contributed by atoms with E-state index in [4.69, 9.17) is 32.7 Å². The third-order valence-electron chi connectivity index (χ3n) is 3.70. The van der Waals surface area contributed by atoms with Crippen LogP contribution in [0, 0.1) is 13.8 Å². The van der Waals surface area contributed by atoms with Crippen molar-refractivity contribution in [3.05, 3.63) is 51.5 Å². The van der Waals surface area contributed by atoms with E-state index in [0.717, 1.165) is 16.9 Å². The fourth-order valence-corrected chi connectivity index (χ4v) is 2.54. The molecule has 1 N–H and O–H groups in total. The summed E-state index contributed by atoms with van der Waals surface area (Å²) in [6.45, 7) is 4.24. The molecule has 2 aromatic rings. The lowest BCUT2D eigenvalue weighted by atomic mass is 10.2. The molecular formula is C19H21Cl2NO3. The number of halogens is 2. The number of ether oxygens (including phenoxy) is 2. The number of amides is 1. The quantitative estimate of drug-likeness (QED) is 0.651. The maximum atomic E-state index is 12.1. The molecule has 0 aromatic heterocycles. The Morgan fingerprint density at radius 3 is 2.48 bits per heavy atom. The fraction of sp³-hybridized carbons (Fsp3) is 0.316. The van der Waals surface area contributed by atoms with Crippen LogP contribution in [0.2, 0.25) is 10.0 Å². The number of methoxy groups -OCH3 is 1. The first-order chi connectivity index (χ1) is 11.9. The van der Waals surface area contributed by atoms with Crippen LogP contribution in [0.15, 0.2) is 30.3 Å². The monoisotopic (exact) mass is 381 g/mol. The highest BCUT2D eigenvalue weighted by Crippen LogP contribution is 2.31. The first-order valence-electron chi connectivity index (χ1n) is 7.93. The van der Waals surface area contributed by atoms with Crippen LogP contribution in [-0.4, -0.2) is 19.6 Å². The number of anilines is 1. The molecule has 2 rings (SSSR count). The Bertz CT molecular complexity index is 763. The van der Waals surface area contributed by atoms with Crippen molar-refractivity contribution in [1.82, 2.24) is 0 Å². The van der Waals surface area contributed by atoms with E-state index in [0.29, 0.717) is 40.9 Å². The Kier molecular flexibility index (Phi) is 6.97. The summed E-state index contributed by atoms with van der Waals surface area (Å²) < 4.78 is 10.9. The summed E-state index contributed by atoms with van der Waals surface area (Å²) in [7, 11) is 1.54. The number of hydrogen-bond donors (Lipinski definition) is 1. The van der Waals surface area contributed by atoms with Gasteiger partial charge in [-0.3, -0.25) is 4.79 Å². The minimum absolute atomic E-state index is 0.101. The molecule has 0 saturated heterocycles. The Balaban J connectivity index is 1.83. The van der Waals surface area contributed by atoms with Crippen LogP contribution in [0.4, 0.5) is 5.69 Å². The van der Waals surface area contributed by atoms with Crippen molar-refractivity contribution in [2.24, 2.45) is 0 Å². The minimum atomic E-state index is -0.101. The summed E-state index contributed by atoms with van der Waals surface area (Å²) in [5.74, 6) is 1.19. The Labute approximate surface area is 158 Å². The van der Waals surface area contributed by atoms with Gasteiger partial charge in [-0.1, -0.05) is 23.2 Å². The molecule has 0 aliphatic rings. The van der Waals surface area contributed by atoms with Crippen LogP contribution in [0.5, 0.6) is 11.5 Å². The number of rotatable bonds is 7. The van der Waals surface area contributed by atoms with Crippen LogP contribution >= 0.6 is 23.2 Å². The van der Waals surface area contributed by atoms with E-state index in [1.807, 2.05) is 26.0 Å². The van der Waals surface area contributed by atoms with Gasteiger partial charge in [0.25, 0.3) is 0 Å². The zero-order valence-corrected chi connectivity index (χ0v) is 16.0. The SMILES string of the molecule is COc1cc(Cl)c(C)cc1NC(=O)CCCOc1ccc(Cl)c(C)c1. The summed E-state index contributed by atoms with van der Waals surface area (Å²) in [6.07, 6.45) is 0.944. The van der Waals surface area contributed by atoms with Gasteiger partial charge in [0.2, 0.25) is 5.91 Å². The van der Waals surface area contributed by atoms with Gasteiger partial charge in [0.15, 0.2) is 0 Å². The smallest absolute Gasteiger partial charge is 0.224 e. The molecule has 0 atom stereocenters. The first kappa shape index (κ1) is 19.4. The number of carbonyl (C=O) groups excluding carboxylic acids is 1. The number of aryl methyl sites for hydroxylation is 2. The van der Waals surface area contributed by atoms with Crippen molar-refractivity contribution < 1.29 is 14.3 Å². The number of benzene rings is 2. The standard InChI is InChI=1S/C19H21Cl2NO3/c1-12-9-14(6-7-15(12)20)25-8-4-5-19(23)22-17-10-13(2)16(21)11-18(17)24-3/h6-7,9-11H,4-5,8H2,1-3H3,(H,22,23). The number of carbonyl (C=O) groups is 1. The van der Waals surface area contributed by atoms with E-state index in [1.54, 1.807) is 25.3 Å². The van der Waals surface area contributed by atoms with Crippen LogP contribution in [0.1, 0.15) is 24.0 Å². The van der Waals surface area contributed by atoms with Gasteiger partial charge < -0.3 is 14.8 Å². The van der Waals surface area contributed by atoms with Gasteiger partial charge in [0.1, 0.15) is 11.5 Å². The highest BCUT2D eigenvalue weighted by Gasteiger charge is 2.10. The predicted molar refractivity (Wildman–Crippen MR) is 102 cm³/mol. The lowest BCUT2D eigenvalue weighted by Crippen LogP contribution is -2.13. The molecule has 4 nitrogen and oxygen atoms in total. The number of hydrogen-bond acceptors (Lipinski definition) is 3. The fourth-order valence-electron chi connectivity index (χ4n) is 2.27. The summed E-state index contributed by atoms with van der Waals surface area (Å²) >= 11 is 12.0. The average Bonchev–Trinajstić information content (AvgIpc) is 2.58. The Morgan fingerprint density at radius 2 is 1.80 bits per heavy atom. The molecule has 25 heavy (non-hydrogen) atoms. The van der Waals surface area contributed by atoms with Gasteiger partial charge in [0.05, 0.1) is 19.4 Å². The van der Waals surface area contributed by atoms with Crippen molar-refractivity contribution in [2.75, 3.05) is 19.0 Å². The van der Waals surface area contributed by atoms with Gasteiger partial charge in [-0.2, -0.15) is 0 Å². The van der Waals surface area contributed by atoms with Gasteiger partial charge in [0, 0.05) is 22.5 Å². The minimum Gasteiger partial charge on any atom is -0.495 e. The molecule has 0 bridgehead atoms. The summed E-state index contributed by atoms with van der Waals surface area (Å²) in [5, 5.41) is 4.16. The third kappa shape index (κ3) is 5.55. The lowest BCUT2D eigenvalue weighted by Gasteiger charge is -2.12. The van der Waals surface area contributed by atoms with Crippen molar-refractivity contribution in [3.8, 4) is 11.5 Å². The van der Waals surface area contributed by atoms with Crippen LogP contribution in [0.3, 0.4) is 0 Å². The third-order valence-corrected chi connectivity index (χ3v) is 4.53. The van der Waals surface area contributed by atoms with Gasteiger partial charge >= 0.3 is 0 Å². The van der Waals surface area contributed by atoms with Gasteiger partial charge in [-0.05, 0) is 55.7 Å². The zero-order chi connectivity index (χ0) is 18.4. The zero-order valence-electron chi connectivity index (χ0n) is 14.5. The van der Waals surface area contributed by atoms with Crippen LogP contribution < -0.4 is 14.8 Å². The molecule has 0 radical (unpaired) electrons. The molecule has 134 valence electrons. The highest BCUT2D eigenvalue weighted by molar-refractivity contribution is 6.31. The molecule has 0 saturated carbocycles. The summed E-state index contributed by atoms with van der Waals surface area (Å²) in [6, 6.07) is 8.99.